The van der Waals surface area contributed by atoms with Crippen molar-refractivity contribution >= 4 is 5.91 Å². The lowest BCUT2D eigenvalue weighted by atomic mass is 10.1. The summed E-state index contributed by atoms with van der Waals surface area (Å²) in [5, 5.41) is 0. The van der Waals surface area contributed by atoms with Gasteiger partial charge >= 0.3 is 0 Å². The number of hydrogen-bond donors (Lipinski definition) is 1. The van der Waals surface area contributed by atoms with E-state index in [1.54, 1.807) is 24.3 Å². The van der Waals surface area contributed by atoms with Crippen molar-refractivity contribution in [2.45, 2.75) is 32.7 Å². The fourth-order valence-electron chi connectivity index (χ4n) is 1.63. The summed E-state index contributed by atoms with van der Waals surface area (Å²) in [6.45, 7) is 4.56. The highest BCUT2D eigenvalue weighted by Gasteiger charge is 2.20. The van der Waals surface area contributed by atoms with E-state index in [-0.39, 0.29) is 11.9 Å². The quantitative estimate of drug-likeness (QED) is 0.827. The van der Waals surface area contributed by atoms with Crippen molar-refractivity contribution in [1.82, 2.24) is 4.90 Å². The van der Waals surface area contributed by atoms with E-state index in [0.717, 1.165) is 18.6 Å². The average molecular weight is 224 g/mol. The molecule has 0 aliphatic carbocycles. The third kappa shape index (κ3) is 2.64. The Hall–Kier alpha value is -1.29. The van der Waals surface area contributed by atoms with E-state index >= 15 is 0 Å². The maximum atomic E-state index is 12.1. The van der Waals surface area contributed by atoms with Gasteiger partial charge in [-0.15, -0.1) is 0 Å². The van der Waals surface area contributed by atoms with Crippen LogP contribution in [0.15, 0.2) is 16.7 Å². The van der Waals surface area contributed by atoms with Crippen LogP contribution in [0.2, 0.25) is 0 Å². The van der Waals surface area contributed by atoms with E-state index < -0.39 is 0 Å². The van der Waals surface area contributed by atoms with Crippen LogP contribution in [-0.2, 0) is 6.42 Å². The SMILES string of the molecule is CCc1occc1C(=O)N(C)C(C)CCN. The third-order valence-corrected chi connectivity index (χ3v) is 2.86. The van der Waals surface area contributed by atoms with Crippen LogP contribution in [-0.4, -0.2) is 30.4 Å². The minimum Gasteiger partial charge on any atom is -0.469 e. The Kier molecular flexibility index (Phi) is 4.55. The Morgan fingerprint density at radius 2 is 2.31 bits per heavy atom. The molecule has 0 radical (unpaired) electrons. The van der Waals surface area contributed by atoms with Crippen LogP contribution in [0.1, 0.15) is 36.4 Å². The number of aryl methyl sites for hydroxylation is 1. The van der Waals surface area contributed by atoms with E-state index in [1.165, 1.54) is 0 Å². The standard InChI is InChI=1S/C12H20N2O2/c1-4-11-10(6-8-16-11)12(15)14(3)9(2)5-7-13/h6,8-9H,4-5,7,13H2,1-3H3. The van der Waals surface area contributed by atoms with Gasteiger partial charge in [0.25, 0.3) is 5.91 Å². The van der Waals surface area contributed by atoms with Crippen LogP contribution in [0.4, 0.5) is 0 Å². The van der Waals surface area contributed by atoms with Gasteiger partial charge in [0.1, 0.15) is 5.76 Å². The zero-order chi connectivity index (χ0) is 12.1. The van der Waals surface area contributed by atoms with E-state index in [0.29, 0.717) is 12.1 Å². The molecule has 1 aromatic rings. The Morgan fingerprint density at radius 3 is 2.88 bits per heavy atom. The van der Waals surface area contributed by atoms with E-state index in [9.17, 15) is 4.79 Å². The zero-order valence-electron chi connectivity index (χ0n) is 10.2. The number of nitrogens with zero attached hydrogens (tertiary/aromatic N) is 1. The third-order valence-electron chi connectivity index (χ3n) is 2.86. The maximum Gasteiger partial charge on any atom is 0.257 e. The van der Waals surface area contributed by atoms with Crippen molar-refractivity contribution in [3.05, 3.63) is 23.7 Å². The van der Waals surface area contributed by atoms with Crippen molar-refractivity contribution in [1.29, 1.82) is 0 Å². The lowest BCUT2D eigenvalue weighted by Crippen LogP contribution is -2.36. The molecule has 0 fully saturated rings. The van der Waals surface area contributed by atoms with Crippen molar-refractivity contribution in [2.75, 3.05) is 13.6 Å². The minimum atomic E-state index is 0.00606. The van der Waals surface area contributed by atoms with Gasteiger partial charge < -0.3 is 15.1 Å². The second-order valence-corrected chi connectivity index (χ2v) is 3.95. The van der Waals surface area contributed by atoms with Crippen LogP contribution in [0.25, 0.3) is 0 Å². The highest BCUT2D eigenvalue weighted by Crippen LogP contribution is 2.15. The van der Waals surface area contributed by atoms with Crippen molar-refractivity contribution in [3.8, 4) is 0 Å². The molecule has 4 heteroatoms. The van der Waals surface area contributed by atoms with Crippen LogP contribution in [0.3, 0.4) is 0 Å². The molecule has 2 N–H and O–H groups in total. The molecule has 1 aromatic heterocycles. The normalized spacial score (nSPS) is 12.5. The summed E-state index contributed by atoms with van der Waals surface area (Å²) in [4.78, 5) is 13.8. The highest BCUT2D eigenvalue weighted by molar-refractivity contribution is 5.95. The van der Waals surface area contributed by atoms with E-state index in [1.807, 2.05) is 13.8 Å². The molecule has 1 heterocycles. The summed E-state index contributed by atoms with van der Waals surface area (Å²) >= 11 is 0. The second kappa shape index (κ2) is 5.70. The number of carbonyl (C=O) groups excluding carboxylic acids is 1. The number of carbonyl (C=O) groups is 1. The molecule has 0 aliphatic rings. The molecule has 1 amide bonds. The summed E-state index contributed by atoms with van der Waals surface area (Å²) in [6.07, 6.45) is 3.10. The van der Waals surface area contributed by atoms with Gasteiger partial charge in [-0.3, -0.25) is 4.79 Å². The summed E-state index contributed by atoms with van der Waals surface area (Å²) in [7, 11) is 1.80. The largest absolute Gasteiger partial charge is 0.469 e. The molecule has 0 aromatic carbocycles. The average Bonchev–Trinajstić information content (AvgIpc) is 2.75. The second-order valence-electron chi connectivity index (χ2n) is 3.95. The lowest BCUT2D eigenvalue weighted by Gasteiger charge is -2.24. The highest BCUT2D eigenvalue weighted by atomic mass is 16.3. The summed E-state index contributed by atoms with van der Waals surface area (Å²) in [6, 6.07) is 1.88. The first-order valence-electron chi connectivity index (χ1n) is 5.65. The Morgan fingerprint density at radius 1 is 1.62 bits per heavy atom. The molecule has 1 rings (SSSR count). The minimum absolute atomic E-state index is 0.00606. The smallest absolute Gasteiger partial charge is 0.257 e. The molecule has 0 spiro atoms. The monoisotopic (exact) mass is 224 g/mol. The number of furan rings is 1. The number of nitrogens with two attached hydrogens (primary N) is 1. The van der Waals surface area contributed by atoms with Crippen LogP contribution >= 0.6 is 0 Å². The van der Waals surface area contributed by atoms with Gasteiger partial charge in [0.2, 0.25) is 0 Å². The molecule has 0 bridgehead atoms. The van der Waals surface area contributed by atoms with Gasteiger partial charge in [-0.2, -0.15) is 0 Å². The van der Waals surface area contributed by atoms with Crippen LogP contribution < -0.4 is 5.73 Å². The predicted octanol–water partition coefficient (Wildman–Crippen LogP) is 1.65. The number of hydrogen-bond acceptors (Lipinski definition) is 3. The molecule has 0 saturated heterocycles. The molecule has 1 unspecified atom stereocenters. The molecule has 1 atom stereocenters. The van der Waals surface area contributed by atoms with Gasteiger partial charge in [-0.05, 0) is 26.0 Å². The summed E-state index contributed by atoms with van der Waals surface area (Å²) < 4.78 is 5.25. The molecule has 16 heavy (non-hydrogen) atoms. The van der Waals surface area contributed by atoms with Gasteiger partial charge in [0.05, 0.1) is 11.8 Å². The fraction of sp³-hybridized carbons (Fsp3) is 0.583. The van der Waals surface area contributed by atoms with Crippen molar-refractivity contribution in [2.24, 2.45) is 5.73 Å². The fourth-order valence-corrected chi connectivity index (χ4v) is 1.63. The van der Waals surface area contributed by atoms with E-state index in [2.05, 4.69) is 0 Å². The summed E-state index contributed by atoms with van der Waals surface area (Å²) in [5.41, 5.74) is 6.15. The molecule has 0 saturated carbocycles. The Labute approximate surface area is 96.4 Å². The van der Waals surface area contributed by atoms with Crippen LogP contribution in [0.5, 0.6) is 0 Å². The summed E-state index contributed by atoms with van der Waals surface area (Å²) in [5.74, 6) is 0.753. The zero-order valence-corrected chi connectivity index (χ0v) is 10.2. The van der Waals surface area contributed by atoms with Gasteiger partial charge in [-0.25, -0.2) is 0 Å². The van der Waals surface area contributed by atoms with Gasteiger partial charge in [-0.1, -0.05) is 6.92 Å². The number of amides is 1. The first-order valence-corrected chi connectivity index (χ1v) is 5.65. The van der Waals surface area contributed by atoms with E-state index in [4.69, 9.17) is 10.2 Å². The van der Waals surface area contributed by atoms with Gasteiger partial charge in [0, 0.05) is 19.5 Å². The Bertz CT molecular complexity index is 347. The first-order chi connectivity index (χ1) is 7.61. The molecule has 0 aliphatic heterocycles. The van der Waals surface area contributed by atoms with Crippen molar-refractivity contribution in [3.63, 3.8) is 0 Å². The van der Waals surface area contributed by atoms with Crippen LogP contribution in [0, 0.1) is 0 Å². The number of rotatable bonds is 5. The molecular weight excluding hydrogens is 204 g/mol. The molecule has 4 nitrogen and oxygen atoms in total. The molecular formula is C12H20N2O2. The molecule has 90 valence electrons. The first kappa shape index (κ1) is 12.8. The Balaban J connectivity index is 2.77. The predicted molar refractivity (Wildman–Crippen MR) is 63.3 cm³/mol. The maximum absolute atomic E-state index is 12.1. The van der Waals surface area contributed by atoms with Crippen molar-refractivity contribution < 1.29 is 9.21 Å². The lowest BCUT2D eigenvalue weighted by molar-refractivity contribution is 0.0737. The van der Waals surface area contributed by atoms with Gasteiger partial charge in [0.15, 0.2) is 0 Å². The topological polar surface area (TPSA) is 59.5 Å².